The lowest BCUT2D eigenvalue weighted by molar-refractivity contribution is 0.392. The Balaban J connectivity index is 1.37. The fourth-order valence-electron chi connectivity index (χ4n) is 5.06. The number of benzene rings is 1. The molecule has 0 spiro atoms. The number of pyridine rings is 1. The van der Waals surface area contributed by atoms with Crippen LogP contribution in [0.5, 0.6) is 0 Å². The summed E-state index contributed by atoms with van der Waals surface area (Å²) in [4.78, 5) is 20.8. The van der Waals surface area contributed by atoms with Crippen molar-refractivity contribution in [1.82, 2.24) is 20.3 Å². The van der Waals surface area contributed by atoms with E-state index in [4.69, 9.17) is 0 Å². The van der Waals surface area contributed by atoms with Gasteiger partial charge < -0.3 is 20.0 Å². The van der Waals surface area contributed by atoms with E-state index < -0.39 is 0 Å². The quantitative estimate of drug-likeness (QED) is 0.660. The molecule has 0 aliphatic carbocycles. The molecular weight excluding hydrogens is 412 g/mol. The minimum Gasteiger partial charge on any atom is -0.369 e. The van der Waals surface area contributed by atoms with E-state index in [1.54, 1.807) is 6.20 Å². The van der Waals surface area contributed by atoms with E-state index in [9.17, 15) is 5.26 Å². The first-order chi connectivity index (χ1) is 16.1. The van der Waals surface area contributed by atoms with E-state index in [0.29, 0.717) is 17.5 Å². The van der Waals surface area contributed by atoms with E-state index in [2.05, 4.69) is 67.1 Å². The first-order valence-electron chi connectivity index (χ1n) is 11.7. The average molecular weight is 443 g/mol. The maximum atomic E-state index is 9.49. The lowest BCUT2D eigenvalue weighted by Gasteiger charge is -2.42. The molecule has 1 aromatic carbocycles. The number of piperidine rings is 1. The molecule has 2 saturated heterocycles. The third-order valence-corrected chi connectivity index (χ3v) is 6.82. The highest BCUT2D eigenvalue weighted by Crippen LogP contribution is 2.33. The number of hydrogen-bond donors (Lipinski definition) is 1. The largest absolute Gasteiger partial charge is 0.369 e. The summed E-state index contributed by atoms with van der Waals surface area (Å²) in [7, 11) is 2.14. The maximum absolute atomic E-state index is 9.49. The SMILES string of the molecule is C[C@H]1C[C@@H](N(C)c2cnc(N3CCNCC3)nc2)CN(c2ccc(C#N)c3ncccc23)C1. The summed E-state index contributed by atoms with van der Waals surface area (Å²) in [5.74, 6) is 1.35. The first-order valence-corrected chi connectivity index (χ1v) is 11.7. The molecule has 0 amide bonds. The van der Waals surface area contributed by atoms with Crippen LogP contribution in [0.4, 0.5) is 17.3 Å². The number of nitrogens with one attached hydrogen (secondary N) is 1. The number of hydrogen-bond acceptors (Lipinski definition) is 8. The van der Waals surface area contributed by atoms with Crippen molar-refractivity contribution in [3.05, 3.63) is 48.4 Å². The molecular formula is C25H30N8. The maximum Gasteiger partial charge on any atom is 0.225 e. The second-order valence-corrected chi connectivity index (χ2v) is 9.13. The molecule has 8 nitrogen and oxygen atoms in total. The zero-order valence-electron chi connectivity index (χ0n) is 19.3. The van der Waals surface area contributed by atoms with Crippen LogP contribution in [-0.2, 0) is 0 Å². The van der Waals surface area contributed by atoms with Gasteiger partial charge in [-0.15, -0.1) is 0 Å². The number of rotatable bonds is 4. The molecule has 33 heavy (non-hydrogen) atoms. The lowest BCUT2D eigenvalue weighted by atomic mass is 9.93. The van der Waals surface area contributed by atoms with E-state index in [1.807, 2.05) is 24.5 Å². The van der Waals surface area contributed by atoms with Gasteiger partial charge in [0.2, 0.25) is 5.95 Å². The van der Waals surface area contributed by atoms with Crippen LogP contribution in [-0.4, -0.2) is 67.3 Å². The van der Waals surface area contributed by atoms with E-state index in [0.717, 1.165) is 73.9 Å². The molecule has 2 aliphatic heterocycles. The number of nitriles is 1. The summed E-state index contributed by atoms with van der Waals surface area (Å²) in [5.41, 5.74) is 3.58. The van der Waals surface area contributed by atoms with E-state index >= 15 is 0 Å². The second kappa shape index (κ2) is 9.20. The summed E-state index contributed by atoms with van der Waals surface area (Å²) < 4.78 is 0. The molecule has 3 aromatic rings. The topological polar surface area (TPSA) is 84.2 Å². The zero-order valence-corrected chi connectivity index (χ0v) is 19.3. The smallest absolute Gasteiger partial charge is 0.225 e. The first kappa shape index (κ1) is 21.4. The molecule has 4 heterocycles. The molecule has 2 fully saturated rings. The Hall–Kier alpha value is -3.44. The highest BCUT2D eigenvalue weighted by molar-refractivity contribution is 5.95. The van der Waals surface area contributed by atoms with Crippen LogP contribution in [0.2, 0.25) is 0 Å². The van der Waals surface area contributed by atoms with Crippen molar-refractivity contribution in [3.8, 4) is 6.07 Å². The average Bonchev–Trinajstić information content (AvgIpc) is 2.88. The van der Waals surface area contributed by atoms with Crippen molar-refractivity contribution in [2.24, 2.45) is 5.92 Å². The zero-order chi connectivity index (χ0) is 22.8. The monoisotopic (exact) mass is 442 g/mol. The predicted molar refractivity (Wildman–Crippen MR) is 132 cm³/mol. The molecule has 0 unspecified atom stereocenters. The summed E-state index contributed by atoms with van der Waals surface area (Å²) in [5, 5.41) is 13.9. The van der Waals surface area contributed by atoms with Gasteiger partial charge in [0.1, 0.15) is 6.07 Å². The Morgan fingerprint density at radius 3 is 2.61 bits per heavy atom. The van der Waals surface area contributed by atoms with Gasteiger partial charge in [-0.2, -0.15) is 5.26 Å². The molecule has 2 aromatic heterocycles. The molecule has 8 heteroatoms. The van der Waals surface area contributed by atoms with Gasteiger partial charge in [-0.05, 0) is 36.6 Å². The summed E-state index contributed by atoms with van der Waals surface area (Å²) >= 11 is 0. The number of fused-ring (bicyclic) bond motifs is 1. The number of nitrogens with zero attached hydrogens (tertiary/aromatic N) is 7. The Bertz CT molecular complexity index is 1150. The molecule has 170 valence electrons. The second-order valence-electron chi connectivity index (χ2n) is 9.13. The Morgan fingerprint density at radius 1 is 1.06 bits per heavy atom. The van der Waals surface area contributed by atoms with E-state index in [1.165, 1.54) is 0 Å². The van der Waals surface area contributed by atoms with Gasteiger partial charge in [0.15, 0.2) is 0 Å². The van der Waals surface area contributed by atoms with Crippen molar-refractivity contribution in [1.29, 1.82) is 5.26 Å². The lowest BCUT2D eigenvalue weighted by Crippen LogP contribution is -2.49. The van der Waals surface area contributed by atoms with Crippen LogP contribution in [0.3, 0.4) is 0 Å². The number of anilines is 3. The normalized spacial score (nSPS) is 21.1. The van der Waals surface area contributed by atoms with Crippen LogP contribution < -0.4 is 20.0 Å². The third-order valence-electron chi connectivity index (χ3n) is 6.82. The van der Waals surface area contributed by atoms with Gasteiger partial charge in [-0.3, -0.25) is 4.98 Å². The number of likely N-dealkylation sites (N-methyl/N-ethyl adjacent to an activating group) is 1. The Morgan fingerprint density at radius 2 is 1.85 bits per heavy atom. The molecule has 0 saturated carbocycles. The Labute approximate surface area is 194 Å². The third kappa shape index (κ3) is 4.29. The van der Waals surface area contributed by atoms with Gasteiger partial charge >= 0.3 is 0 Å². The van der Waals surface area contributed by atoms with Crippen molar-refractivity contribution in [2.45, 2.75) is 19.4 Å². The van der Waals surface area contributed by atoms with Crippen molar-refractivity contribution in [2.75, 3.05) is 61.0 Å². The fraction of sp³-hybridized carbons (Fsp3) is 0.440. The van der Waals surface area contributed by atoms with Crippen LogP contribution in [0.15, 0.2) is 42.9 Å². The fourth-order valence-corrected chi connectivity index (χ4v) is 5.06. The van der Waals surface area contributed by atoms with Gasteiger partial charge in [0, 0.05) is 69.6 Å². The van der Waals surface area contributed by atoms with Crippen molar-refractivity contribution < 1.29 is 0 Å². The summed E-state index contributed by atoms with van der Waals surface area (Å²) in [6, 6.07) is 10.6. The molecule has 5 rings (SSSR count). The van der Waals surface area contributed by atoms with Crippen molar-refractivity contribution >= 4 is 28.2 Å². The highest BCUT2D eigenvalue weighted by atomic mass is 15.3. The summed E-state index contributed by atoms with van der Waals surface area (Å²) in [6.07, 6.45) is 6.77. The number of piperazine rings is 1. The summed E-state index contributed by atoms with van der Waals surface area (Å²) in [6.45, 7) is 8.02. The molecule has 2 atom stereocenters. The van der Waals surface area contributed by atoms with Gasteiger partial charge in [0.25, 0.3) is 0 Å². The Kier molecular flexibility index (Phi) is 5.97. The van der Waals surface area contributed by atoms with E-state index in [-0.39, 0.29) is 0 Å². The standard InChI is InChI=1S/C25H30N8/c1-18-12-20(31(2)21-14-29-25(30-15-21)32-10-8-27-9-11-32)17-33(16-18)23-6-5-19(13-26)24-22(23)4-3-7-28-24/h3-7,14-15,18,20,27H,8-12,16-17H2,1-2H3/t18-,20+/m0/s1. The van der Waals surface area contributed by atoms with Crippen LogP contribution in [0.25, 0.3) is 10.9 Å². The molecule has 2 aliphatic rings. The van der Waals surface area contributed by atoms with Crippen LogP contribution >= 0.6 is 0 Å². The molecule has 0 radical (unpaired) electrons. The van der Waals surface area contributed by atoms with Gasteiger partial charge in [0.05, 0.1) is 29.2 Å². The van der Waals surface area contributed by atoms with Crippen molar-refractivity contribution in [3.63, 3.8) is 0 Å². The highest BCUT2D eigenvalue weighted by Gasteiger charge is 2.29. The molecule has 1 N–H and O–H groups in total. The van der Waals surface area contributed by atoms with Crippen LogP contribution in [0.1, 0.15) is 18.9 Å². The predicted octanol–water partition coefficient (Wildman–Crippen LogP) is 2.66. The minimum absolute atomic E-state index is 0.338. The van der Waals surface area contributed by atoms with Gasteiger partial charge in [-0.25, -0.2) is 9.97 Å². The molecule has 0 bridgehead atoms. The van der Waals surface area contributed by atoms with Crippen LogP contribution in [0, 0.1) is 17.2 Å². The minimum atomic E-state index is 0.338. The number of aromatic nitrogens is 3. The van der Waals surface area contributed by atoms with Gasteiger partial charge in [-0.1, -0.05) is 6.92 Å².